The summed E-state index contributed by atoms with van der Waals surface area (Å²) in [6.45, 7) is 8.42. The van der Waals surface area contributed by atoms with Gasteiger partial charge in [0.2, 0.25) is 11.8 Å². The SMILES string of the molecule is Cc1cccc(C(=O)NC2CC(n3cnc4c(Nc5ccc(N6CCN(CCC7CCN(C(=O)COc8ccc([C@@H]9CCC(=O)NC9=O)cc8)CC7)CC6)cc5)ncnc43)C2)n1. The molecule has 4 aliphatic rings. The molecule has 4 fully saturated rings. The maximum Gasteiger partial charge on any atom is 0.270 e. The summed E-state index contributed by atoms with van der Waals surface area (Å²) in [4.78, 5) is 74.3. The van der Waals surface area contributed by atoms with Crippen LogP contribution < -0.4 is 25.6 Å². The normalized spacial score (nSPS) is 21.0. The van der Waals surface area contributed by atoms with Gasteiger partial charge in [-0.15, -0.1) is 0 Å². The van der Waals surface area contributed by atoms with Gasteiger partial charge in [-0.25, -0.2) is 19.9 Å². The minimum atomic E-state index is -0.341. The van der Waals surface area contributed by atoms with E-state index in [9.17, 15) is 19.2 Å². The number of piperidine rings is 2. The van der Waals surface area contributed by atoms with E-state index < -0.39 is 0 Å². The molecule has 3 aromatic heterocycles. The lowest BCUT2D eigenvalue weighted by atomic mass is 9.86. The van der Waals surface area contributed by atoms with E-state index in [1.165, 1.54) is 5.69 Å². The fourth-order valence-electron chi connectivity index (χ4n) is 9.07. The molecule has 16 heteroatoms. The molecule has 0 radical (unpaired) electrons. The van der Waals surface area contributed by atoms with Crippen molar-refractivity contribution in [1.29, 1.82) is 0 Å². The predicted octanol–water partition coefficient (Wildman–Crippen LogP) is 4.76. The summed E-state index contributed by atoms with van der Waals surface area (Å²) in [5, 5.41) is 8.95. The first-order valence-corrected chi connectivity index (χ1v) is 21.8. The van der Waals surface area contributed by atoms with Crippen LogP contribution in [-0.2, 0) is 14.4 Å². The number of aromatic nitrogens is 5. The van der Waals surface area contributed by atoms with E-state index >= 15 is 0 Å². The van der Waals surface area contributed by atoms with Crippen LogP contribution >= 0.6 is 0 Å². The van der Waals surface area contributed by atoms with Crippen molar-refractivity contribution in [2.24, 2.45) is 5.92 Å². The van der Waals surface area contributed by atoms with E-state index in [1.54, 1.807) is 24.5 Å². The summed E-state index contributed by atoms with van der Waals surface area (Å²) in [6.07, 6.45) is 8.96. The molecule has 3 N–H and O–H groups in total. The number of fused-ring (bicyclic) bond motifs is 1. The number of piperazine rings is 1. The van der Waals surface area contributed by atoms with Gasteiger partial charge >= 0.3 is 0 Å². The molecule has 0 spiro atoms. The number of amides is 4. The molecule has 5 aromatic rings. The highest BCUT2D eigenvalue weighted by Gasteiger charge is 2.34. The zero-order chi connectivity index (χ0) is 42.6. The van der Waals surface area contributed by atoms with E-state index in [-0.39, 0.29) is 48.2 Å². The first kappa shape index (κ1) is 41.0. The van der Waals surface area contributed by atoms with Crippen LogP contribution in [0.5, 0.6) is 5.75 Å². The van der Waals surface area contributed by atoms with Gasteiger partial charge in [-0.3, -0.25) is 29.4 Å². The van der Waals surface area contributed by atoms with Gasteiger partial charge in [0.05, 0.1) is 12.2 Å². The number of carbonyl (C=O) groups is 4. The lowest BCUT2D eigenvalue weighted by molar-refractivity contribution is -0.135. The number of nitrogens with zero attached hydrogens (tertiary/aromatic N) is 8. The molecule has 62 heavy (non-hydrogen) atoms. The van der Waals surface area contributed by atoms with E-state index in [4.69, 9.17) is 4.74 Å². The number of nitrogens with one attached hydrogen (secondary N) is 3. The molecule has 0 bridgehead atoms. The Morgan fingerprint density at radius 1 is 0.871 bits per heavy atom. The number of carbonyl (C=O) groups excluding carboxylic acids is 4. The van der Waals surface area contributed by atoms with Crippen LogP contribution in [0, 0.1) is 12.8 Å². The number of pyridine rings is 1. The second-order valence-electron chi connectivity index (χ2n) is 17.0. The van der Waals surface area contributed by atoms with Crippen LogP contribution in [0.4, 0.5) is 17.2 Å². The molecule has 322 valence electrons. The Morgan fingerprint density at radius 3 is 2.39 bits per heavy atom. The molecule has 1 saturated carbocycles. The third-order valence-corrected chi connectivity index (χ3v) is 12.9. The third-order valence-electron chi connectivity index (χ3n) is 12.9. The number of imide groups is 1. The summed E-state index contributed by atoms with van der Waals surface area (Å²) in [7, 11) is 0. The number of likely N-dealkylation sites (tertiary alicyclic amines) is 1. The highest BCUT2D eigenvalue weighted by molar-refractivity contribution is 6.01. The van der Waals surface area contributed by atoms with Gasteiger partial charge in [0.15, 0.2) is 23.6 Å². The van der Waals surface area contributed by atoms with Crippen molar-refractivity contribution in [3.63, 3.8) is 0 Å². The van der Waals surface area contributed by atoms with Gasteiger partial charge in [-0.1, -0.05) is 18.2 Å². The number of ether oxygens (including phenoxy) is 1. The third kappa shape index (κ3) is 9.39. The Balaban J connectivity index is 0.674. The van der Waals surface area contributed by atoms with Crippen molar-refractivity contribution in [2.45, 2.75) is 69.9 Å². The summed E-state index contributed by atoms with van der Waals surface area (Å²) >= 11 is 0. The Morgan fingerprint density at radius 2 is 1.65 bits per heavy atom. The van der Waals surface area contributed by atoms with Gasteiger partial charge in [-0.05, 0) is 112 Å². The zero-order valence-electron chi connectivity index (χ0n) is 35.0. The second kappa shape index (κ2) is 18.3. The maximum atomic E-state index is 12.9. The van der Waals surface area contributed by atoms with E-state index in [1.807, 2.05) is 42.4 Å². The molecule has 3 saturated heterocycles. The van der Waals surface area contributed by atoms with Crippen molar-refractivity contribution >= 4 is 52.0 Å². The predicted molar refractivity (Wildman–Crippen MR) is 233 cm³/mol. The Bertz CT molecular complexity index is 2400. The topological polar surface area (TPSA) is 180 Å². The van der Waals surface area contributed by atoms with E-state index in [0.29, 0.717) is 41.5 Å². The Labute approximate surface area is 360 Å². The molecule has 4 amide bonds. The molecule has 0 unspecified atom stereocenters. The van der Waals surface area contributed by atoms with Crippen molar-refractivity contribution in [3.8, 4) is 5.75 Å². The summed E-state index contributed by atoms with van der Waals surface area (Å²) < 4.78 is 7.88. The lowest BCUT2D eigenvalue weighted by Crippen LogP contribution is -2.47. The molecular weight excluding hydrogens is 787 g/mol. The zero-order valence-corrected chi connectivity index (χ0v) is 35.0. The quantitative estimate of drug-likeness (QED) is 0.139. The summed E-state index contributed by atoms with van der Waals surface area (Å²) in [6, 6.07) is 21.4. The van der Waals surface area contributed by atoms with Crippen molar-refractivity contribution < 1.29 is 23.9 Å². The molecular formula is C46H53N11O5. The lowest BCUT2D eigenvalue weighted by Gasteiger charge is -2.37. The molecule has 3 aliphatic heterocycles. The molecule has 1 atom stereocenters. The fraction of sp³-hybridized carbons (Fsp3) is 0.435. The summed E-state index contributed by atoms with van der Waals surface area (Å²) in [5.74, 6) is 0.866. The van der Waals surface area contributed by atoms with Crippen molar-refractivity contribution in [2.75, 3.05) is 62.6 Å². The second-order valence-corrected chi connectivity index (χ2v) is 17.0. The summed E-state index contributed by atoms with van der Waals surface area (Å²) in [5.41, 5.74) is 5.70. The van der Waals surface area contributed by atoms with Gasteiger partial charge in [0.25, 0.3) is 11.8 Å². The van der Waals surface area contributed by atoms with E-state index in [0.717, 1.165) is 101 Å². The highest BCUT2D eigenvalue weighted by atomic mass is 16.5. The van der Waals surface area contributed by atoms with Crippen molar-refractivity contribution in [3.05, 3.63) is 96.3 Å². The molecule has 6 heterocycles. The Kier molecular flexibility index (Phi) is 12.1. The van der Waals surface area contributed by atoms with Crippen LogP contribution in [0.2, 0.25) is 0 Å². The smallest absolute Gasteiger partial charge is 0.270 e. The maximum absolute atomic E-state index is 12.9. The van der Waals surface area contributed by atoms with E-state index in [2.05, 4.69) is 74.5 Å². The number of benzene rings is 2. The molecule has 9 rings (SSSR count). The Hall–Kier alpha value is -6.42. The fourth-order valence-corrected chi connectivity index (χ4v) is 9.07. The van der Waals surface area contributed by atoms with Crippen LogP contribution in [0.1, 0.15) is 78.7 Å². The van der Waals surface area contributed by atoms with Gasteiger partial charge in [0.1, 0.15) is 17.8 Å². The number of hydrogen-bond acceptors (Lipinski definition) is 12. The van der Waals surface area contributed by atoms with Crippen LogP contribution in [0.15, 0.2) is 79.4 Å². The molecule has 2 aromatic carbocycles. The average Bonchev–Trinajstić information content (AvgIpc) is 3.71. The minimum absolute atomic E-state index is 0.00337. The molecule has 1 aliphatic carbocycles. The number of aryl methyl sites for hydroxylation is 1. The number of anilines is 3. The monoisotopic (exact) mass is 839 g/mol. The van der Waals surface area contributed by atoms with Crippen LogP contribution in [0.3, 0.4) is 0 Å². The number of rotatable bonds is 13. The molecule has 16 nitrogen and oxygen atoms in total. The number of hydrogen-bond donors (Lipinski definition) is 3. The highest BCUT2D eigenvalue weighted by Crippen LogP contribution is 2.36. The van der Waals surface area contributed by atoms with Crippen molar-refractivity contribution in [1.82, 2.24) is 44.9 Å². The van der Waals surface area contributed by atoms with Gasteiger partial charge in [0, 0.05) is 74.8 Å². The first-order chi connectivity index (χ1) is 30.2. The minimum Gasteiger partial charge on any atom is -0.484 e. The largest absolute Gasteiger partial charge is 0.484 e. The van der Waals surface area contributed by atoms with Gasteiger partial charge < -0.3 is 29.7 Å². The number of imidazole rings is 1. The standard InChI is InChI=1S/C46H53N11O5/c1-30-3-2-4-39(50-30)46(61)52-34-25-36(26-34)57-29-49-42-43(47-28-48-44(42)57)51-33-7-9-35(10-8-33)55-23-21-54(22-24-55)18-15-31-16-19-56(20-17-31)41(59)27-62-37-11-5-32(6-12-37)38-13-14-40(58)53-45(38)60/h2-12,28-29,31,34,36,38H,13-27H2,1H3,(H,52,61)(H,47,48,51)(H,53,58,60)/t34?,36?,38-/m0/s1. The van der Waals surface area contributed by atoms with Crippen LogP contribution in [0.25, 0.3) is 11.2 Å². The van der Waals surface area contributed by atoms with Gasteiger partial charge in [-0.2, -0.15) is 0 Å². The van der Waals surface area contributed by atoms with Crippen LogP contribution in [-0.4, -0.2) is 116 Å². The average molecular weight is 840 g/mol. The first-order valence-electron chi connectivity index (χ1n) is 21.8.